The van der Waals surface area contributed by atoms with Gasteiger partial charge in [-0.2, -0.15) is 0 Å². The standard InChI is InChI=1S/C22H29NO4/c1-15-8-6-10-19(16(15)2)27-17(3)22(24)23-13-7-9-18-11-12-20(25-4)21(14-18)26-5/h6,8,10-12,14,17H,7,9,13H2,1-5H3,(H,23,24)/t17-/m0/s1. The minimum atomic E-state index is -0.536. The molecule has 146 valence electrons. The molecule has 2 aromatic rings. The second-order valence-corrected chi connectivity index (χ2v) is 6.54. The average molecular weight is 371 g/mol. The molecule has 0 aliphatic carbocycles. The zero-order chi connectivity index (χ0) is 19.8. The number of benzene rings is 2. The number of nitrogens with one attached hydrogen (secondary N) is 1. The maximum Gasteiger partial charge on any atom is 0.260 e. The molecular weight excluding hydrogens is 342 g/mol. The fraction of sp³-hybridized carbons (Fsp3) is 0.409. The summed E-state index contributed by atoms with van der Waals surface area (Å²) in [6, 6.07) is 11.7. The van der Waals surface area contributed by atoms with Crippen LogP contribution in [-0.2, 0) is 11.2 Å². The van der Waals surface area contributed by atoms with Gasteiger partial charge in [-0.1, -0.05) is 18.2 Å². The number of hydrogen-bond donors (Lipinski definition) is 1. The summed E-state index contributed by atoms with van der Waals surface area (Å²) in [6.45, 7) is 6.39. The van der Waals surface area contributed by atoms with Gasteiger partial charge >= 0.3 is 0 Å². The summed E-state index contributed by atoms with van der Waals surface area (Å²) in [5, 5.41) is 2.94. The smallest absolute Gasteiger partial charge is 0.260 e. The molecule has 0 saturated heterocycles. The highest BCUT2D eigenvalue weighted by molar-refractivity contribution is 5.80. The molecule has 27 heavy (non-hydrogen) atoms. The topological polar surface area (TPSA) is 56.8 Å². The average Bonchev–Trinajstić information content (AvgIpc) is 2.68. The predicted octanol–water partition coefficient (Wildman–Crippen LogP) is 3.84. The summed E-state index contributed by atoms with van der Waals surface area (Å²) < 4.78 is 16.4. The Morgan fingerprint density at radius 2 is 1.78 bits per heavy atom. The Balaban J connectivity index is 1.79. The zero-order valence-corrected chi connectivity index (χ0v) is 16.8. The Hall–Kier alpha value is -2.69. The first-order valence-electron chi connectivity index (χ1n) is 9.17. The Labute approximate surface area is 161 Å². The molecule has 0 unspecified atom stereocenters. The second-order valence-electron chi connectivity index (χ2n) is 6.54. The van der Waals surface area contributed by atoms with Gasteiger partial charge in [-0.3, -0.25) is 4.79 Å². The molecule has 0 spiro atoms. The van der Waals surface area contributed by atoms with Crippen LogP contribution < -0.4 is 19.5 Å². The first-order chi connectivity index (χ1) is 13.0. The van der Waals surface area contributed by atoms with Gasteiger partial charge in [-0.25, -0.2) is 0 Å². The molecule has 0 bridgehead atoms. The minimum absolute atomic E-state index is 0.108. The van der Waals surface area contributed by atoms with Gasteiger partial charge in [0, 0.05) is 6.54 Å². The van der Waals surface area contributed by atoms with Gasteiger partial charge in [0.05, 0.1) is 14.2 Å². The van der Waals surface area contributed by atoms with Crippen LogP contribution in [0.4, 0.5) is 0 Å². The summed E-state index contributed by atoms with van der Waals surface area (Å²) in [5.74, 6) is 2.08. The maximum absolute atomic E-state index is 12.3. The van der Waals surface area contributed by atoms with Gasteiger partial charge in [0.2, 0.25) is 0 Å². The first-order valence-corrected chi connectivity index (χ1v) is 9.17. The van der Waals surface area contributed by atoms with E-state index in [1.807, 2.05) is 50.2 Å². The van der Waals surface area contributed by atoms with E-state index in [2.05, 4.69) is 5.32 Å². The molecule has 0 fully saturated rings. The van der Waals surface area contributed by atoms with Crippen molar-refractivity contribution < 1.29 is 19.0 Å². The number of rotatable bonds is 9. The molecule has 5 nitrogen and oxygen atoms in total. The number of carbonyl (C=O) groups is 1. The third-order valence-electron chi connectivity index (χ3n) is 4.62. The van der Waals surface area contributed by atoms with E-state index in [-0.39, 0.29) is 5.91 Å². The molecule has 0 saturated carbocycles. The lowest BCUT2D eigenvalue weighted by atomic mass is 10.1. The lowest BCUT2D eigenvalue weighted by Crippen LogP contribution is -2.37. The predicted molar refractivity (Wildman–Crippen MR) is 107 cm³/mol. The van der Waals surface area contributed by atoms with E-state index in [9.17, 15) is 4.79 Å². The van der Waals surface area contributed by atoms with Crippen LogP contribution in [0.1, 0.15) is 30.0 Å². The number of carbonyl (C=O) groups excluding carboxylic acids is 1. The van der Waals surface area contributed by atoms with E-state index in [0.717, 1.165) is 41.0 Å². The fourth-order valence-corrected chi connectivity index (χ4v) is 2.78. The van der Waals surface area contributed by atoms with Crippen LogP contribution in [0.3, 0.4) is 0 Å². The highest BCUT2D eigenvalue weighted by atomic mass is 16.5. The summed E-state index contributed by atoms with van der Waals surface area (Å²) in [6.07, 6.45) is 1.14. The van der Waals surface area contributed by atoms with Crippen LogP contribution in [0.2, 0.25) is 0 Å². The van der Waals surface area contributed by atoms with Crippen molar-refractivity contribution >= 4 is 5.91 Å². The molecule has 5 heteroatoms. The molecule has 0 radical (unpaired) electrons. The molecule has 2 rings (SSSR count). The van der Waals surface area contributed by atoms with Gasteiger partial charge in [0.1, 0.15) is 5.75 Å². The molecule has 1 N–H and O–H groups in total. The van der Waals surface area contributed by atoms with Crippen LogP contribution in [-0.4, -0.2) is 32.8 Å². The van der Waals surface area contributed by atoms with Crippen molar-refractivity contribution in [2.45, 2.75) is 39.7 Å². The molecular formula is C22H29NO4. The van der Waals surface area contributed by atoms with Gasteiger partial charge < -0.3 is 19.5 Å². The van der Waals surface area contributed by atoms with Crippen molar-refractivity contribution in [1.29, 1.82) is 0 Å². The minimum Gasteiger partial charge on any atom is -0.493 e. The van der Waals surface area contributed by atoms with E-state index in [1.165, 1.54) is 0 Å². The van der Waals surface area contributed by atoms with Crippen LogP contribution >= 0.6 is 0 Å². The second kappa shape index (κ2) is 9.86. The summed E-state index contributed by atoms with van der Waals surface area (Å²) in [5.41, 5.74) is 3.35. The Morgan fingerprint density at radius 1 is 1.04 bits per heavy atom. The number of hydrogen-bond acceptors (Lipinski definition) is 4. The third-order valence-corrected chi connectivity index (χ3v) is 4.62. The molecule has 0 aliphatic heterocycles. The Morgan fingerprint density at radius 3 is 2.48 bits per heavy atom. The van der Waals surface area contributed by atoms with Gasteiger partial charge in [-0.05, 0) is 68.5 Å². The third kappa shape index (κ3) is 5.64. The van der Waals surface area contributed by atoms with E-state index in [4.69, 9.17) is 14.2 Å². The van der Waals surface area contributed by atoms with Crippen molar-refractivity contribution in [1.82, 2.24) is 5.32 Å². The summed E-state index contributed by atoms with van der Waals surface area (Å²) >= 11 is 0. The highest BCUT2D eigenvalue weighted by Gasteiger charge is 2.15. The first kappa shape index (κ1) is 20.6. The molecule has 0 heterocycles. The van der Waals surface area contributed by atoms with E-state index in [1.54, 1.807) is 21.1 Å². The van der Waals surface area contributed by atoms with Crippen molar-refractivity contribution in [3.63, 3.8) is 0 Å². The highest BCUT2D eigenvalue weighted by Crippen LogP contribution is 2.28. The van der Waals surface area contributed by atoms with Crippen molar-refractivity contribution in [3.8, 4) is 17.2 Å². The van der Waals surface area contributed by atoms with Gasteiger partial charge in [0.15, 0.2) is 17.6 Å². The van der Waals surface area contributed by atoms with Crippen molar-refractivity contribution in [3.05, 3.63) is 53.1 Å². The van der Waals surface area contributed by atoms with Gasteiger partial charge in [0.25, 0.3) is 5.91 Å². The van der Waals surface area contributed by atoms with Crippen LogP contribution in [0.15, 0.2) is 36.4 Å². The van der Waals surface area contributed by atoms with Crippen molar-refractivity contribution in [2.24, 2.45) is 0 Å². The molecule has 0 aliphatic rings. The zero-order valence-electron chi connectivity index (χ0n) is 16.8. The number of amides is 1. The monoisotopic (exact) mass is 371 g/mol. The molecule has 1 atom stereocenters. The quantitative estimate of drug-likeness (QED) is 0.681. The number of ether oxygens (including phenoxy) is 3. The largest absolute Gasteiger partial charge is 0.493 e. The van der Waals surface area contributed by atoms with E-state index >= 15 is 0 Å². The van der Waals surface area contributed by atoms with Crippen LogP contribution in [0, 0.1) is 13.8 Å². The Kier molecular flexibility index (Phi) is 7.53. The van der Waals surface area contributed by atoms with Crippen molar-refractivity contribution in [2.75, 3.05) is 20.8 Å². The maximum atomic E-state index is 12.3. The number of methoxy groups -OCH3 is 2. The molecule has 0 aromatic heterocycles. The lowest BCUT2D eigenvalue weighted by Gasteiger charge is -2.17. The van der Waals surface area contributed by atoms with E-state index in [0.29, 0.717) is 12.3 Å². The van der Waals surface area contributed by atoms with E-state index < -0.39 is 6.10 Å². The van der Waals surface area contributed by atoms with Gasteiger partial charge in [-0.15, -0.1) is 0 Å². The fourth-order valence-electron chi connectivity index (χ4n) is 2.78. The molecule has 1 amide bonds. The Bertz CT molecular complexity index is 773. The summed E-state index contributed by atoms with van der Waals surface area (Å²) in [7, 11) is 3.24. The van der Waals surface area contributed by atoms with Crippen LogP contribution in [0.25, 0.3) is 0 Å². The molecule has 2 aromatic carbocycles. The van der Waals surface area contributed by atoms with Crippen LogP contribution in [0.5, 0.6) is 17.2 Å². The lowest BCUT2D eigenvalue weighted by molar-refractivity contribution is -0.127. The number of aryl methyl sites for hydroxylation is 2. The normalized spacial score (nSPS) is 11.6. The SMILES string of the molecule is COc1ccc(CCCNC(=O)[C@H](C)Oc2cccc(C)c2C)cc1OC. The summed E-state index contributed by atoms with van der Waals surface area (Å²) in [4.78, 5) is 12.3.